The van der Waals surface area contributed by atoms with Crippen molar-refractivity contribution in [2.45, 2.75) is 25.1 Å². The van der Waals surface area contributed by atoms with Crippen molar-refractivity contribution in [3.8, 4) is 0 Å². The zero-order valence-corrected chi connectivity index (χ0v) is 8.80. The van der Waals surface area contributed by atoms with Crippen molar-refractivity contribution >= 4 is 0 Å². The highest BCUT2D eigenvalue weighted by atomic mass is 19.4. The fourth-order valence-electron chi connectivity index (χ4n) is 1.33. The third kappa shape index (κ3) is 3.83. The molecule has 1 atom stereocenters. The maximum absolute atomic E-state index is 12.3. The fourth-order valence-corrected chi connectivity index (χ4v) is 1.33. The van der Waals surface area contributed by atoms with Crippen molar-refractivity contribution in [3.05, 3.63) is 35.4 Å². The predicted molar refractivity (Wildman–Crippen MR) is 56.8 cm³/mol. The molecule has 4 N–H and O–H groups in total. The Balaban J connectivity index is 2.58. The van der Waals surface area contributed by atoms with Crippen LogP contribution in [0, 0.1) is 0 Å². The molecule has 1 aromatic carbocycles. The minimum absolute atomic E-state index is 0.0951. The number of aryl methyl sites for hydroxylation is 1. The molecule has 1 unspecified atom stereocenters. The molecule has 0 fully saturated rings. The maximum Gasteiger partial charge on any atom is 0.416 e. The molecule has 0 heterocycles. The van der Waals surface area contributed by atoms with Gasteiger partial charge in [0.1, 0.15) is 0 Å². The van der Waals surface area contributed by atoms with E-state index in [1.54, 1.807) is 0 Å². The third-order valence-electron chi connectivity index (χ3n) is 2.39. The van der Waals surface area contributed by atoms with Gasteiger partial charge in [0.05, 0.1) is 5.56 Å². The predicted octanol–water partition coefficient (Wildman–Crippen LogP) is 1.92. The Hall–Kier alpha value is -1.07. The standard InChI is InChI=1S/C11H15F3N2/c12-11(13,14)9-4-1-8(2-5-9)3-6-10(16)7-15/h1-2,4-5,10H,3,6-7,15-16H2. The smallest absolute Gasteiger partial charge is 0.329 e. The quantitative estimate of drug-likeness (QED) is 0.833. The van der Waals surface area contributed by atoms with Crippen LogP contribution in [0.2, 0.25) is 0 Å². The van der Waals surface area contributed by atoms with Crippen LogP contribution in [0.3, 0.4) is 0 Å². The van der Waals surface area contributed by atoms with Gasteiger partial charge in [0.2, 0.25) is 0 Å². The van der Waals surface area contributed by atoms with Gasteiger partial charge in [-0.05, 0) is 30.5 Å². The van der Waals surface area contributed by atoms with Gasteiger partial charge in [0.25, 0.3) is 0 Å². The molecule has 1 aromatic rings. The van der Waals surface area contributed by atoms with Crippen LogP contribution in [0.1, 0.15) is 17.5 Å². The molecular formula is C11H15F3N2. The van der Waals surface area contributed by atoms with Gasteiger partial charge in [-0.15, -0.1) is 0 Å². The molecule has 0 saturated heterocycles. The topological polar surface area (TPSA) is 52.0 Å². The number of alkyl halides is 3. The summed E-state index contributed by atoms with van der Waals surface area (Å²) in [6.07, 6.45) is -2.94. The van der Waals surface area contributed by atoms with Crippen LogP contribution in [-0.4, -0.2) is 12.6 Å². The number of halogens is 3. The van der Waals surface area contributed by atoms with Gasteiger partial charge in [0, 0.05) is 12.6 Å². The minimum Gasteiger partial charge on any atom is -0.329 e. The Bertz CT molecular complexity index is 319. The van der Waals surface area contributed by atoms with E-state index < -0.39 is 11.7 Å². The highest BCUT2D eigenvalue weighted by Crippen LogP contribution is 2.29. The number of hydrogen-bond acceptors (Lipinski definition) is 2. The first-order valence-corrected chi connectivity index (χ1v) is 5.05. The Kier molecular flexibility index (Phi) is 4.32. The van der Waals surface area contributed by atoms with Crippen molar-refractivity contribution in [1.29, 1.82) is 0 Å². The van der Waals surface area contributed by atoms with E-state index in [4.69, 9.17) is 11.5 Å². The summed E-state index contributed by atoms with van der Waals surface area (Å²) in [7, 11) is 0. The molecular weight excluding hydrogens is 217 g/mol. The lowest BCUT2D eigenvalue weighted by atomic mass is 10.0. The zero-order valence-electron chi connectivity index (χ0n) is 8.80. The van der Waals surface area contributed by atoms with Crippen molar-refractivity contribution in [2.24, 2.45) is 11.5 Å². The molecule has 0 bridgehead atoms. The molecule has 0 aliphatic carbocycles. The van der Waals surface area contributed by atoms with E-state index >= 15 is 0 Å². The number of benzene rings is 1. The highest BCUT2D eigenvalue weighted by molar-refractivity contribution is 5.24. The van der Waals surface area contributed by atoms with E-state index in [1.807, 2.05) is 0 Å². The second-order valence-corrected chi connectivity index (χ2v) is 3.73. The van der Waals surface area contributed by atoms with Crippen LogP contribution in [0.15, 0.2) is 24.3 Å². The van der Waals surface area contributed by atoms with Crippen LogP contribution in [0.5, 0.6) is 0 Å². The molecule has 0 radical (unpaired) electrons. The molecule has 0 spiro atoms. The van der Waals surface area contributed by atoms with Gasteiger partial charge in [0.15, 0.2) is 0 Å². The van der Waals surface area contributed by atoms with E-state index in [1.165, 1.54) is 12.1 Å². The second kappa shape index (κ2) is 5.32. The Morgan fingerprint density at radius 3 is 2.12 bits per heavy atom. The van der Waals surface area contributed by atoms with E-state index in [-0.39, 0.29) is 6.04 Å². The largest absolute Gasteiger partial charge is 0.416 e. The summed E-state index contributed by atoms with van der Waals surface area (Å²) in [5, 5.41) is 0. The summed E-state index contributed by atoms with van der Waals surface area (Å²) in [5.74, 6) is 0. The average molecular weight is 232 g/mol. The first kappa shape index (κ1) is 13.0. The molecule has 0 aliphatic rings. The second-order valence-electron chi connectivity index (χ2n) is 3.73. The third-order valence-corrected chi connectivity index (χ3v) is 2.39. The average Bonchev–Trinajstić information content (AvgIpc) is 2.25. The lowest BCUT2D eigenvalue weighted by Crippen LogP contribution is -2.29. The summed E-state index contributed by atoms with van der Waals surface area (Å²) < 4.78 is 36.8. The fraction of sp³-hybridized carbons (Fsp3) is 0.455. The van der Waals surface area contributed by atoms with Crippen LogP contribution >= 0.6 is 0 Å². The highest BCUT2D eigenvalue weighted by Gasteiger charge is 2.29. The monoisotopic (exact) mass is 232 g/mol. The Labute approximate surface area is 92.4 Å². The maximum atomic E-state index is 12.3. The lowest BCUT2D eigenvalue weighted by Gasteiger charge is -2.10. The number of rotatable bonds is 4. The lowest BCUT2D eigenvalue weighted by molar-refractivity contribution is -0.137. The summed E-state index contributed by atoms with van der Waals surface area (Å²) in [6, 6.07) is 5.03. The van der Waals surface area contributed by atoms with Crippen molar-refractivity contribution in [3.63, 3.8) is 0 Å². The SMILES string of the molecule is NCC(N)CCc1ccc(C(F)(F)F)cc1. The van der Waals surface area contributed by atoms with Gasteiger partial charge in [-0.1, -0.05) is 12.1 Å². The summed E-state index contributed by atoms with van der Waals surface area (Å²) in [4.78, 5) is 0. The number of nitrogens with two attached hydrogens (primary N) is 2. The first-order valence-electron chi connectivity index (χ1n) is 5.05. The molecule has 2 nitrogen and oxygen atoms in total. The zero-order chi connectivity index (χ0) is 12.2. The molecule has 90 valence electrons. The van der Waals surface area contributed by atoms with Crippen molar-refractivity contribution < 1.29 is 13.2 Å². The van der Waals surface area contributed by atoms with Crippen molar-refractivity contribution in [2.75, 3.05) is 6.54 Å². The normalized spacial score (nSPS) is 13.8. The van der Waals surface area contributed by atoms with E-state index in [0.29, 0.717) is 19.4 Å². The molecule has 1 rings (SSSR count). The van der Waals surface area contributed by atoms with Gasteiger partial charge in [-0.2, -0.15) is 13.2 Å². The summed E-state index contributed by atoms with van der Waals surface area (Å²) in [6.45, 7) is 0.390. The molecule has 5 heteroatoms. The Morgan fingerprint density at radius 1 is 1.12 bits per heavy atom. The van der Waals surface area contributed by atoms with Gasteiger partial charge in [-0.3, -0.25) is 0 Å². The molecule has 0 saturated carbocycles. The number of hydrogen-bond donors (Lipinski definition) is 2. The van der Waals surface area contributed by atoms with Crippen LogP contribution in [0.25, 0.3) is 0 Å². The Morgan fingerprint density at radius 2 is 1.69 bits per heavy atom. The summed E-state index contributed by atoms with van der Waals surface area (Å²) in [5.41, 5.74) is 11.2. The van der Waals surface area contributed by atoms with E-state index in [0.717, 1.165) is 17.7 Å². The van der Waals surface area contributed by atoms with Gasteiger partial charge < -0.3 is 11.5 Å². The van der Waals surface area contributed by atoms with Gasteiger partial charge >= 0.3 is 6.18 Å². The first-order chi connectivity index (χ1) is 7.43. The molecule has 0 aromatic heterocycles. The molecule has 16 heavy (non-hydrogen) atoms. The van der Waals surface area contributed by atoms with Crippen molar-refractivity contribution in [1.82, 2.24) is 0 Å². The van der Waals surface area contributed by atoms with E-state index in [2.05, 4.69) is 0 Å². The summed E-state index contributed by atoms with van der Waals surface area (Å²) >= 11 is 0. The molecule has 0 amide bonds. The van der Waals surface area contributed by atoms with Crippen LogP contribution in [-0.2, 0) is 12.6 Å². The van der Waals surface area contributed by atoms with Crippen LogP contribution in [0.4, 0.5) is 13.2 Å². The minimum atomic E-state index is -4.27. The molecule has 0 aliphatic heterocycles. The van der Waals surface area contributed by atoms with E-state index in [9.17, 15) is 13.2 Å². The van der Waals surface area contributed by atoms with Gasteiger partial charge in [-0.25, -0.2) is 0 Å². The van der Waals surface area contributed by atoms with Crippen LogP contribution < -0.4 is 11.5 Å².